The molecule has 2 aliphatic heterocycles. The van der Waals surface area contributed by atoms with Crippen LogP contribution in [0.5, 0.6) is 0 Å². The minimum Gasteiger partial charge on any atom is -0.372 e. The Kier molecular flexibility index (Phi) is 4.77. The van der Waals surface area contributed by atoms with Crippen LogP contribution >= 0.6 is 0 Å². The van der Waals surface area contributed by atoms with Gasteiger partial charge in [0.2, 0.25) is 10.0 Å². The van der Waals surface area contributed by atoms with E-state index in [9.17, 15) is 8.42 Å². The van der Waals surface area contributed by atoms with Crippen molar-refractivity contribution in [2.24, 2.45) is 0 Å². The summed E-state index contributed by atoms with van der Waals surface area (Å²) in [5, 5.41) is 0. The molecule has 1 aromatic rings. The summed E-state index contributed by atoms with van der Waals surface area (Å²) in [6.45, 7) is 5.17. The highest BCUT2D eigenvalue weighted by Crippen LogP contribution is 2.26. The van der Waals surface area contributed by atoms with E-state index in [2.05, 4.69) is 9.88 Å². The predicted octanol–water partition coefficient (Wildman–Crippen LogP) is 0.706. The first-order chi connectivity index (χ1) is 10.6. The molecule has 0 radical (unpaired) electrons. The van der Waals surface area contributed by atoms with Crippen molar-refractivity contribution in [3.05, 3.63) is 30.1 Å². The maximum Gasteiger partial charge on any atom is 0.213 e. The van der Waals surface area contributed by atoms with Gasteiger partial charge in [0.15, 0.2) is 0 Å². The zero-order valence-electron chi connectivity index (χ0n) is 12.9. The van der Waals surface area contributed by atoms with Crippen LogP contribution in [0.15, 0.2) is 24.5 Å². The summed E-state index contributed by atoms with van der Waals surface area (Å²) in [5.74, 6) is 0.181. The lowest BCUT2D eigenvalue weighted by molar-refractivity contribution is 0.0465. The molecule has 0 amide bonds. The van der Waals surface area contributed by atoms with Gasteiger partial charge in [-0.2, -0.15) is 4.31 Å². The number of hydrogen-bond donors (Lipinski definition) is 0. The Morgan fingerprint density at radius 3 is 2.95 bits per heavy atom. The Balaban J connectivity index is 1.54. The summed E-state index contributed by atoms with van der Waals surface area (Å²) in [5.41, 5.74) is 1.07. The zero-order valence-corrected chi connectivity index (χ0v) is 13.7. The topological polar surface area (TPSA) is 62.7 Å². The van der Waals surface area contributed by atoms with Crippen LogP contribution in [-0.4, -0.2) is 66.7 Å². The Hall–Kier alpha value is -1.02. The van der Waals surface area contributed by atoms with Gasteiger partial charge in [-0.25, -0.2) is 8.42 Å². The normalized spacial score (nSPS) is 27.0. The van der Waals surface area contributed by atoms with Crippen molar-refractivity contribution in [3.8, 4) is 0 Å². The summed E-state index contributed by atoms with van der Waals surface area (Å²) in [4.78, 5) is 6.44. The molecule has 2 aliphatic rings. The first-order valence-corrected chi connectivity index (χ1v) is 9.42. The highest BCUT2D eigenvalue weighted by Gasteiger charge is 2.39. The Bertz CT molecular complexity index is 593. The lowest BCUT2D eigenvalue weighted by Gasteiger charge is -2.36. The molecular weight excluding hydrogens is 302 g/mol. The van der Waals surface area contributed by atoms with Gasteiger partial charge in [0.1, 0.15) is 0 Å². The first kappa shape index (κ1) is 15.9. The van der Waals surface area contributed by atoms with Crippen LogP contribution in [0.4, 0.5) is 0 Å². The SMILES string of the molecule is CCS(=O)(=O)N1CCN2C[C@@H](OCc3cccnc3)C[C@H]2C1. The zero-order chi connectivity index (χ0) is 15.6. The minimum atomic E-state index is -3.08. The van der Waals surface area contributed by atoms with Crippen LogP contribution in [0.3, 0.4) is 0 Å². The number of fused-ring (bicyclic) bond motifs is 1. The number of piperazine rings is 1. The maximum atomic E-state index is 12.0. The summed E-state index contributed by atoms with van der Waals surface area (Å²) in [7, 11) is -3.08. The molecule has 7 heteroatoms. The van der Waals surface area contributed by atoms with Gasteiger partial charge in [-0.3, -0.25) is 9.88 Å². The highest BCUT2D eigenvalue weighted by molar-refractivity contribution is 7.89. The fourth-order valence-electron chi connectivity index (χ4n) is 3.22. The van der Waals surface area contributed by atoms with E-state index in [1.165, 1.54) is 0 Å². The van der Waals surface area contributed by atoms with Crippen LogP contribution in [0, 0.1) is 0 Å². The van der Waals surface area contributed by atoms with Crippen molar-refractivity contribution in [3.63, 3.8) is 0 Å². The number of sulfonamides is 1. The van der Waals surface area contributed by atoms with E-state index in [1.807, 2.05) is 18.3 Å². The fraction of sp³-hybridized carbons (Fsp3) is 0.667. The molecule has 3 heterocycles. The van der Waals surface area contributed by atoms with Crippen molar-refractivity contribution in [1.82, 2.24) is 14.2 Å². The molecule has 0 N–H and O–H groups in total. The van der Waals surface area contributed by atoms with Crippen molar-refractivity contribution < 1.29 is 13.2 Å². The van der Waals surface area contributed by atoms with E-state index in [0.717, 1.165) is 25.1 Å². The van der Waals surface area contributed by atoms with Gasteiger partial charge >= 0.3 is 0 Å². The molecule has 6 nitrogen and oxygen atoms in total. The van der Waals surface area contributed by atoms with Crippen LogP contribution in [0.2, 0.25) is 0 Å². The van der Waals surface area contributed by atoms with Crippen LogP contribution in [0.25, 0.3) is 0 Å². The molecule has 0 aliphatic carbocycles. The molecule has 22 heavy (non-hydrogen) atoms. The summed E-state index contributed by atoms with van der Waals surface area (Å²) in [6, 6.07) is 4.20. The second-order valence-corrected chi connectivity index (χ2v) is 8.19. The molecule has 0 aromatic carbocycles. The summed E-state index contributed by atoms with van der Waals surface area (Å²) >= 11 is 0. The molecule has 2 fully saturated rings. The van der Waals surface area contributed by atoms with Gasteiger partial charge in [0.25, 0.3) is 0 Å². The van der Waals surface area contributed by atoms with E-state index in [1.54, 1.807) is 17.4 Å². The maximum absolute atomic E-state index is 12.0. The monoisotopic (exact) mass is 325 g/mol. The minimum absolute atomic E-state index is 0.175. The largest absolute Gasteiger partial charge is 0.372 e. The van der Waals surface area contributed by atoms with E-state index in [4.69, 9.17) is 4.74 Å². The van der Waals surface area contributed by atoms with Gasteiger partial charge < -0.3 is 4.74 Å². The molecule has 0 unspecified atom stereocenters. The second-order valence-electron chi connectivity index (χ2n) is 5.94. The van der Waals surface area contributed by atoms with Crippen LogP contribution in [0.1, 0.15) is 18.9 Å². The van der Waals surface area contributed by atoms with Gasteiger partial charge in [0.05, 0.1) is 18.5 Å². The molecule has 1 aromatic heterocycles. The molecular formula is C15H23N3O3S. The van der Waals surface area contributed by atoms with Crippen molar-refractivity contribution in [2.75, 3.05) is 31.9 Å². The van der Waals surface area contributed by atoms with Gasteiger partial charge in [-0.1, -0.05) is 6.07 Å². The average Bonchev–Trinajstić information content (AvgIpc) is 2.96. The number of rotatable bonds is 5. The fourth-order valence-corrected chi connectivity index (χ4v) is 4.35. The van der Waals surface area contributed by atoms with Crippen molar-refractivity contribution in [2.45, 2.75) is 32.1 Å². The van der Waals surface area contributed by atoms with E-state index >= 15 is 0 Å². The van der Waals surface area contributed by atoms with Crippen LogP contribution in [-0.2, 0) is 21.4 Å². The lowest BCUT2D eigenvalue weighted by Crippen LogP contribution is -2.52. The summed E-state index contributed by atoms with van der Waals surface area (Å²) in [6.07, 6.45) is 4.64. The molecule has 0 bridgehead atoms. The van der Waals surface area contributed by atoms with E-state index in [0.29, 0.717) is 19.7 Å². The lowest BCUT2D eigenvalue weighted by atomic mass is 10.1. The number of hydrogen-bond acceptors (Lipinski definition) is 5. The third-order valence-corrected chi connectivity index (χ3v) is 6.36. The molecule has 3 rings (SSSR count). The van der Waals surface area contributed by atoms with Crippen LogP contribution < -0.4 is 0 Å². The quantitative estimate of drug-likeness (QED) is 0.798. The standard InChI is InChI=1S/C15H23N3O3S/c1-2-22(19,20)18-7-6-17-11-15(8-14(17)10-18)21-12-13-4-3-5-16-9-13/h3-5,9,14-15H,2,6-8,10-12H2,1H3/t14-,15-/m0/s1. The Morgan fingerprint density at radius 2 is 2.23 bits per heavy atom. The van der Waals surface area contributed by atoms with Gasteiger partial charge in [-0.15, -0.1) is 0 Å². The molecule has 2 saturated heterocycles. The number of ether oxygens (including phenoxy) is 1. The number of pyridine rings is 1. The van der Waals surface area contributed by atoms with Crippen molar-refractivity contribution >= 4 is 10.0 Å². The Morgan fingerprint density at radius 1 is 1.36 bits per heavy atom. The molecule has 0 saturated carbocycles. The van der Waals surface area contributed by atoms with Gasteiger partial charge in [0, 0.05) is 44.6 Å². The average molecular weight is 325 g/mol. The molecule has 122 valence electrons. The van der Waals surface area contributed by atoms with E-state index < -0.39 is 10.0 Å². The third kappa shape index (κ3) is 3.48. The third-order valence-electron chi connectivity index (χ3n) is 4.51. The first-order valence-electron chi connectivity index (χ1n) is 7.81. The smallest absolute Gasteiger partial charge is 0.213 e. The predicted molar refractivity (Wildman–Crippen MR) is 83.8 cm³/mol. The highest BCUT2D eigenvalue weighted by atomic mass is 32.2. The molecule has 0 spiro atoms. The number of aromatic nitrogens is 1. The number of nitrogens with zero attached hydrogens (tertiary/aromatic N) is 3. The summed E-state index contributed by atoms with van der Waals surface area (Å²) < 4.78 is 31.6. The van der Waals surface area contributed by atoms with E-state index in [-0.39, 0.29) is 17.9 Å². The Labute approximate surface area is 132 Å². The molecule has 2 atom stereocenters. The second kappa shape index (κ2) is 6.62. The van der Waals surface area contributed by atoms with Crippen molar-refractivity contribution in [1.29, 1.82) is 0 Å². The van der Waals surface area contributed by atoms with Gasteiger partial charge in [-0.05, 0) is 25.0 Å².